The van der Waals surface area contributed by atoms with E-state index in [0.29, 0.717) is 6.04 Å². The predicted molar refractivity (Wildman–Crippen MR) is 58.5 cm³/mol. The molecular formula is C12H21NO2. The standard InChI is InChI=1S/C12H21NO2/c1-8-3-4-10(7-8)13-12(14)11-5-6-15-9(11)2/h8-11H,3-7H2,1-2H3,(H,13,14). The molecule has 86 valence electrons. The second-order valence-electron chi connectivity index (χ2n) is 5.09. The molecule has 1 aliphatic carbocycles. The van der Waals surface area contributed by atoms with Crippen LogP contribution in [0.2, 0.25) is 0 Å². The average Bonchev–Trinajstić information content (AvgIpc) is 2.75. The van der Waals surface area contributed by atoms with E-state index in [1.165, 1.54) is 6.42 Å². The van der Waals surface area contributed by atoms with Gasteiger partial charge in [-0.25, -0.2) is 0 Å². The van der Waals surface area contributed by atoms with Gasteiger partial charge in [0.05, 0.1) is 12.0 Å². The van der Waals surface area contributed by atoms with Crippen LogP contribution in [0.4, 0.5) is 0 Å². The monoisotopic (exact) mass is 211 g/mol. The van der Waals surface area contributed by atoms with Gasteiger partial charge in [0, 0.05) is 12.6 Å². The maximum absolute atomic E-state index is 11.9. The van der Waals surface area contributed by atoms with E-state index in [0.717, 1.165) is 31.8 Å². The lowest BCUT2D eigenvalue weighted by Crippen LogP contribution is -2.39. The number of amides is 1. The first kappa shape index (κ1) is 10.9. The molecule has 15 heavy (non-hydrogen) atoms. The molecule has 4 unspecified atom stereocenters. The van der Waals surface area contributed by atoms with Gasteiger partial charge in [0.2, 0.25) is 5.91 Å². The summed E-state index contributed by atoms with van der Waals surface area (Å²) in [4.78, 5) is 11.9. The number of hydrogen-bond acceptors (Lipinski definition) is 2. The molecule has 1 aliphatic heterocycles. The van der Waals surface area contributed by atoms with Gasteiger partial charge in [-0.15, -0.1) is 0 Å². The van der Waals surface area contributed by atoms with E-state index in [1.807, 2.05) is 6.92 Å². The van der Waals surface area contributed by atoms with Crippen molar-refractivity contribution in [3.05, 3.63) is 0 Å². The first-order valence-electron chi connectivity index (χ1n) is 6.09. The van der Waals surface area contributed by atoms with Crippen LogP contribution in [0, 0.1) is 11.8 Å². The van der Waals surface area contributed by atoms with E-state index in [9.17, 15) is 4.79 Å². The van der Waals surface area contributed by atoms with Gasteiger partial charge >= 0.3 is 0 Å². The van der Waals surface area contributed by atoms with Crippen LogP contribution >= 0.6 is 0 Å². The highest BCUT2D eigenvalue weighted by molar-refractivity contribution is 5.79. The summed E-state index contributed by atoms with van der Waals surface area (Å²) < 4.78 is 5.41. The van der Waals surface area contributed by atoms with Crippen LogP contribution in [-0.2, 0) is 9.53 Å². The third-order valence-corrected chi connectivity index (χ3v) is 3.75. The summed E-state index contributed by atoms with van der Waals surface area (Å²) >= 11 is 0. The Morgan fingerprint density at radius 2 is 2.07 bits per heavy atom. The van der Waals surface area contributed by atoms with Gasteiger partial charge < -0.3 is 10.1 Å². The molecule has 2 rings (SSSR count). The Bertz CT molecular complexity index is 242. The largest absolute Gasteiger partial charge is 0.378 e. The maximum Gasteiger partial charge on any atom is 0.226 e. The molecule has 3 heteroatoms. The molecule has 3 nitrogen and oxygen atoms in total. The van der Waals surface area contributed by atoms with Crippen molar-refractivity contribution >= 4 is 5.91 Å². The van der Waals surface area contributed by atoms with Gasteiger partial charge in [-0.05, 0) is 38.5 Å². The lowest BCUT2D eigenvalue weighted by atomic mass is 10.0. The number of carbonyl (C=O) groups excluding carboxylic acids is 1. The molecule has 1 amide bonds. The van der Waals surface area contributed by atoms with Gasteiger partial charge in [0.15, 0.2) is 0 Å². The predicted octanol–water partition coefficient (Wildman–Crippen LogP) is 1.72. The molecule has 0 aromatic heterocycles. The highest BCUT2D eigenvalue weighted by Crippen LogP contribution is 2.26. The van der Waals surface area contributed by atoms with Crippen molar-refractivity contribution in [3.63, 3.8) is 0 Å². The highest BCUT2D eigenvalue weighted by Gasteiger charge is 2.32. The molecule has 1 N–H and O–H groups in total. The summed E-state index contributed by atoms with van der Waals surface area (Å²) in [5.74, 6) is 1.06. The number of hydrogen-bond donors (Lipinski definition) is 1. The summed E-state index contributed by atoms with van der Waals surface area (Å²) in [6.07, 6.45) is 4.53. The van der Waals surface area contributed by atoms with E-state index in [4.69, 9.17) is 4.74 Å². The van der Waals surface area contributed by atoms with Crippen molar-refractivity contribution in [3.8, 4) is 0 Å². The van der Waals surface area contributed by atoms with E-state index in [1.54, 1.807) is 0 Å². The third-order valence-electron chi connectivity index (χ3n) is 3.75. The Kier molecular flexibility index (Phi) is 3.29. The summed E-state index contributed by atoms with van der Waals surface area (Å²) in [5.41, 5.74) is 0. The molecule has 0 bridgehead atoms. The minimum absolute atomic E-state index is 0.0842. The van der Waals surface area contributed by atoms with Crippen molar-refractivity contribution in [2.75, 3.05) is 6.61 Å². The Balaban J connectivity index is 1.81. The molecule has 0 aromatic carbocycles. The highest BCUT2D eigenvalue weighted by atomic mass is 16.5. The second kappa shape index (κ2) is 4.52. The fraction of sp³-hybridized carbons (Fsp3) is 0.917. The molecule has 0 spiro atoms. The van der Waals surface area contributed by atoms with Crippen LogP contribution < -0.4 is 5.32 Å². The van der Waals surface area contributed by atoms with Crippen LogP contribution in [0.5, 0.6) is 0 Å². The Morgan fingerprint density at radius 3 is 2.60 bits per heavy atom. The van der Waals surface area contributed by atoms with E-state index in [2.05, 4.69) is 12.2 Å². The zero-order chi connectivity index (χ0) is 10.8. The SMILES string of the molecule is CC1CCC(NC(=O)C2CCOC2C)C1. The lowest BCUT2D eigenvalue weighted by Gasteiger charge is -2.18. The zero-order valence-corrected chi connectivity index (χ0v) is 9.66. The third kappa shape index (κ3) is 2.51. The minimum Gasteiger partial charge on any atom is -0.378 e. The summed E-state index contributed by atoms with van der Waals surface area (Å²) in [6.45, 7) is 4.99. The molecule has 4 atom stereocenters. The van der Waals surface area contributed by atoms with Gasteiger partial charge in [-0.3, -0.25) is 4.79 Å². The minimum atomic E-state index is 0.0842. The van der Waals surface area contributed by atoms with Crippen LogP contribution in [0.15, 0.2) is 0 Å². The molecule has 0 radical (unpaired) electrons. The molecule has 1 heterocycles. The van der Waals surface area contributed by atoms with Crippen molar-refractivity contribution in [1.82, 2.24) is 5.32 Å². The van der Waals surface area contributed by atoms with Gasteiger partial charge in [-0.2, -0.15) is 0 Å². The molecule has 1 saturated heterocycles. The molecule has 2 fully saturated rings. The quantitative estimate of drug-likeness (QED) is 0.755. The van der Waals surface area contributed by atoms with Crippen LogP contribution in [0.1, 0.15) is 39.5 Å². The van der Waals surface area contributed by atoms with Crippen LogP contribution in [0.3, 0.4) is 0 Å². The Morgan fingerprint density at radius 1 is 1.27 bits per heavy atom. The Labute approximate surface area is 91.6 Å². The normalized spacial score (nSPS) is 40.7. The van der Waals surface area contributed by atoms with Crippen molar-refractivity contribution in [1.29, 1.82) is 0 Å². The second-order valence-corrected chi connectivity index (χ2v) is 5.09. The van der Waals surface area contributed by atoms with Crippen LogP contribution in [0.25, 0.3) is 0 Å². The lowest BCUT2D eigenvalue weighted by molar-refractivity contribution is -0.127. The smallest absolute Gasteiger partial charge is 0.226 e. The Hall–Kier alpha value is -0.570. The van der Waals surface area contributed by atoms with E-state index >= 15 is 0 Å². The molecule has 0 aromatic rings. The average molecular weight is 211 g/mol. The summed E-state index contributed by atoms with van der Waals surface area (Å²) in [6, 6.07) is 0.417. The molecular weight excluding hydrogens is 190 g/mol. The number of nitrogens with one attached hydrogen (secondary N) is 1. The van der Waals surface area contributed by atoms with Gasteiger partial charge in [-0.1, -0.05) is 6.92 Å². The van der Waals surface area contributed by atoms with Crippen molar-refractivity contribution in [2.24, 2.45) is 11.8 Å². The van der Waals surface area contributed by atoms with Gasteiger partial charge in [0.25, 0.3) is 0 Å². The number of carbonyl (C=O) groups is 1. The van der Waals surface area contributed by atoms with Crippen molar-refractivity contribution in [2.45, 2.75) is 51.7 Å². The summed E-state index contributed by atoms with van der Waals surface area (Å²) in [5, 5.41) is 3.16. The molecule has 1 saturated carbocycles. The van der Waals surface area contributed by atoms with Crippen LogP contribution in [-0.4, -0.2) is 24.7 Å². The first-order chi connectivity index (χ1) is 7.16. The van der Waals surface area contributed by atoms with Crippen molar-refractivity contribution < 1.29 is 9.53 Å². The first-order valence-corrected chi connectivity index (χ1v) is 6.09. The maximum atomic E-state index is 11.9. The topological polar surface area (TPSA) is 38.3 Å². The van der Waals surface area contributed by atoms with E-state index in [-0.39, 0.29) is 17.9 Å². The van der Waals surface area contributed by atoms with E-state index < -0.39 is 0 Å². The number of ether oxygens (including phenoxy) is 1. The fourth-order valence-electron chi connectivity index (χ4n) is 2.72. The fourth-order valence-corrected chi connectivity index (χ4v) is 2.72. The van der Waals surface area contributed by atoms with Gasteiger partial charge in [0.1, 0.15) is 0 Å². The number of rotatable bonds is 2. The zero-order valence-electron chi connectivity index (χ0n) is 9.66. The summed E-state index contributed by atoms with van der Waals surface area (Å²) in [7, 11) is 0. The molecule has 2 aliphatic rings.